The van der Waals surface area contributed by atoms with E-state index in [2.05, 4.69) is 15.0 Å². The van der Waals surface area contributed by atoms with Crippen LogP contribution in [0.25, 0.3) is 0 Å². The van der Waals surface area contributed by atoms with E-state index >= 15 is 0 Å². The zero-order valence-electron chi connectivity index (χ0n) is 11.9. The maximum atomic E-state index is 12.3. The van der Waals surface area contributed by atoms with Crippen LogP contribution in [-0.4, -0.2) is 26.5 Å². The molecule has 1 fully saturated rings. The van der Waals surface area contributed by atoms with Gasteiger partial charge in [0.25, 0.3) is 0 Å². The molecule has 0 unspecified atom stereocenters. The van der Waals surface area contributed by atoms with Crippen molar-refractivity contribution in [3.63, 3.8) is 0 Å². The molecule has 1 aliphatic rings. The smallest absolute Gasteiger partial charge is 0.244 e. The van der Waals surface area contributed by atoms with Crippen LogP contribution in [0.3, 0.4) is 0 Å². The largest absolute Gasteiger partial charge is 0.384 e. The van der Waals surface area contributed by atoms with Gasteiger partial charge in [0, 0.05) is 25.5 Å². The Bertz CT molecular complexity index is 527. The first-order chi connectivity index (χ1) is 9.63. The van der Waals surface area contributed by atoms with Crippen molar-refractivity contribution in [1.29, 1.82) is 0 Å². The van der Waals surface area contributed by atoms with Gasteiger partial charge in [0.1, 0.15) is 4.90 Å². The van der Waals surface area contributed by atoms with E-state index in [0.29, 0.717) is 18.2 Å². The van der Waals surface area contributed by atoms with E-state index in [1.165, 1.54) is 25.5 Å². The second-order valence-electron chi connectivity index (χ2n) is 5.28. The van der Waals surface area contributed by atoms with Crippen molar-refractivity contribution in [1.82, 2.24) is 9.71 Å². The number of nitrogens with one attached hydrogen (secondary N) is 2. The summed E-state index contributed by atoms with van der Waals surface area (Å²) in [6.07, 6.45) is 8.63. The number of rotatable bonds is 8. The summed E-state index contributed by atoms with van der Waals surface area (Å²) in [7, 11) is -3.48. The molecule has 0 spiro atoms. The number of anilines is 1. The van der Waals surface area contributed by atoms with Crippen LogP contribution in [0, 0.1) is 5.92 Å². The van der Waals surface area contributed by atoms with Crippen LogP contribution in [0.2, 0.25) is 0 Å². The van der Waals surface area contributed by atoms with Crippen molar-refractivity contribution < 1.29 is 8.42 Å². The molecule has 2 rings (SSSR count). The molecule has 20 heavy (non-hydrogen) atoms. The summed E-state index contributed by atoms with van der Waals surface area (Å²) in [6.45, 7) is 3.29. The normalized spacial score (nSPS) is 15.8. The highest BCUT2D eigenvalue weighted by molar-refractivity contribution is 7.89. The van der Waals surface area contributed by atoms with Gasteiger partial charge >= 0.3 is 0 Å². The van der Waals surface area contributed by atoms with Crippen molar-refractivity contribution in [3.8, 4) is 0 Å². The minimum Gasteiger partial charge on any atom is -0.384 e. The lowest BCUT2D eigenvalue weighted by Gasteiger charge is -2.25. The zero-order chi connectivity index (χ0) is 14.4. The second-order valence-corrected chi connectivity index (χ2v) is 7.02. The number of sulfonamides is 1. The van der Waals surface area contributed by atoms with Crippen LogP contribution >= 0.6 is 0 Å². The molecule has 1 aliphatic carbocycles. The third-order valence-corrected chi connectivity index (χ3v) is 5.20. The van der Waals surface area contributed by atoms with Gasteiger partial charge in [-0.25, -0.2) is 13.1 Å². The molecule has 112 valence electrons. The third kappa shape index (κ3) is 3.93. The van der Waals surface area contributed by atoms with Crippen molar-refractivity contribution in [2.45, 2.75) is 43.9 Å². The Hall–Kier alpha value is -1.14. The highest BCUT2D eigenvalue weighted by Gasteiger charge is 2.21. The third-order valence-electron chi connectivity index (χ3n) is 3.71. The van der Waals surface area contributed by atoms with Gasteiger partial charge in [-0.05, 0) is 24.8 Å². The van der Waals surface area contributed by atoms with E-state index in [9.17, 15) is 8.42 Å². The fourth-order valence-corrected chi connectivity index (χ4v) is 3.43. The van der Waals surface area contributed by atoms with Crippen LogP contribution < -0.4 is 10.0 Å². The lowest BCUT2D eigenvalue weighted by atomic mass is 9.83. The first kappa shape index (κ1) is 15.3. The average Bonchev–Trinajstić information content (AvgIpc) is 2.39. The topological polar surface area (TPSA) is 71.1 Å². The van der Waals surface area contributed by atoms with Crippen molar-refractivity contribution >= 4 is 15.7 Å². The quantitative estimate of drug-likeness (QED) is 0.773. The average molecular weight is 297 g/mol. The van der Waals surface area contributed by atoms with Gasteiger partial charge in [-0.15, -0.1) is 0 Å². The molecule has 0 saturated heterocycles. The summed E-state index contributed by atoms with van der Waals surface area (Å²) in [5.74, 6) is 0.698. The molecule has 2 N–H and O–H groups in total. The molecular weight excluding hydrogens is 274 g/mol. The molecule has 5 nitrogen and oxygen atoms in total. The first-order valence-electron chi connectivity index (χ1n) is 7.31. The van der Waals surface area contributed by atoms with Gasteiger partial charge in [0.2, 0.25) is 10.0 Å². The van der Waals surface area contributed by atoms with Crippen molar-refractivity contribution in [2.24, 2.45) is 5.92 Å². The van der Waals surface area contributed by atoms with Crippen LogP contribution in [0.1, 0.15) is 39.0 Å². The Morgan fingerprint density at radius 3 is 2.80 bits per heavy atom. The molecule has 0 bridgehead atoms. The van der Waals surface area contributed by atoms with E-state index in [-0.39, 0.29) is 4.90 Å². The van der Waals surface area contributed by atoms with E-state index in [4.69, 9.17) is 0 Å². The van der Waals surface area contributed by atoms with Gasteiger partial charge in [-0.1, -0.05) is 26.2 Å². The van der Waals surface area contributed by atoms with Crippen LogP contribution in [0.4, 0.5) is 5.69 Å². The van der Waals surface area contributed by atoms with Crippen LogP contribution in [-0.2, 0) is 10.0 Å². The summed E-state index contributed by atoms with van der Waals surface area (Å²) in [6, 6.07) is 1.70. The Labute approximate surface area is 121 Å². The molecule has 1 heterocycles. The molecular formula is C14H23N3O2S. The molecule has 0 radical (unpaired) electrons. The SMILES string of the molecule is CCCNc1ccncc1S(=O)(=O)NCCC1CCC1. The van der Waals surface area contributed by atoms with E-state index in [1.807, 2.05) is 6.92 Å². The highest BCUT2D eigenvalue weighted by Crippen LogP contribution is 2.29. The van der Waals surface area contributed by atoms with Crippen LogP contribution in [0.15, 0.2) is 23.4 Å². The maximum absolute atomic E-state index is 12.3. The van der Waals surface area contributed by atoms with Gasteiger partial charge in [0.15, 0.2) is 0 Å². The maximum Gasteiger partial charge on any atom is 0.244 e. The Kier molecular flexibility index (Phi) is 5.37. The molecule has 6 heteroatoms. The van der Waals surface area contributed by atoms with Crippen molar-refractivity contribution in [3.05, 3.63) is 18.5 Å². The number of hydrogen-bond donors (Lipinski definition) is 2. The lowest BCUT2D eigenvalue weighted by Crippen LogP contribution is -2.28. The predicted octanol–water partition coefficient (Wildman–Crippen LogP) is 2.37. The molecule has 1 aromatic rings. The molecule has 1 saturated carbocycles. The number of pyridine rings is 1. The minimum absolute atomic E-state index is 0.238. The first-order valence-corrected chi connectivity index (χ1v) is 8.79. The van der Waals surface area contributed by atoms with Gasteiger partial charge in [-0.3, -0.25) is 4.98 Å². The summed E-state index contributed by atoms with van der Waals surface area (Å²) in [5, 5.41) is 3.13. The Balaban J connectivity index is 1.99. The summed E-state index contributed by atoms with van der Waals surface area (Å²) < 4.78 is 27.3. The standard InChI is InChI=1S/C14H23N3O2S/c1-2-8-16-13-7-9-15-11-14(13)20(18,19)17-10-6-12-4-3-5-12/h7,9,11-12,17H,2-6,8,10H2,1H3,(H,15,16). The zero-order valence-corrected chi connectivity index (χ0v) is 12.7. The number of aromatic nitrogens is 1. The van der Waals surface area contributed by atoms with E-state index in [1.54, 1.807) is 12.3 Å². The fraction of sp³-hybridized carbons (Fsp3) is 0.643. The van der Waals surface area contributed by atoms with E-state index < -0.39 is 10.0 Å². The minimum atomic E-state index is -3.48. The Morgan fingerprint density at radius 1 is 1.35 bits per heavy atom. The van der Waals surface area contributed by atoms with Gasteiger partial charge < -0.3 is 5.32 Å². The molecule has 0 amide bonds. The predicted molar refractivity (Wildman–Crippen MR) is 80.2 cm³/mol. The molecule has 0 atom stereocenters. The summed E-state index contributed by atoms with van der Waals surface area (Å²) >= 11 is 0. The van der Waals surface area contributed by atoms with E-state index in [0.717, 1.165) is 19.4 Å². The van der Waals surface area contributed by atoms with Crippen molar-refractivity contribution in [2.75, 3.05) is 18.4 Å². The second kappa shape index (κ2) is 7.04. The lowest BCUT2D eigenvalue weighted by molar-refractivity contribution is 0.297. The molecule has 1 aromatic heterocycles. The Morgan fingerprint density at radius 2 is 2.15 bits per heavy atom. The van der Waals surface area contributed by atoms with Gasteiger partial charge in [0.05, 0.1) is 5.69 Å². The molecule has 0 aromatic carbocycles. The number of nitrogens with zero attached hydrogens (tertiary/aromatic N) is 1. The monoisotopic (exact) mass is 297 g/mol. The highest BCUT2D eigenvalue weighted by atomic mass is 32.2. The summed E-state index contributed by atoms with van der Waals surface area (Å²) in [5.41, 5.74) is 0.623. The summed E-state index contributed by atoms with van der Waals surface area (Å²) in [4.78, 5) is 4.17. The molecule has 0 aliphatic heterocycles. The fourth-order valence-electron chi connectivity index (χ4n) is 2.26. The van der Waals surface area contributed by atoms with Gasteiger partial charge in [-0.2, -0.15) is 0 Å². The number of hydrogen-bond acceptors (Lipinski definition) is 4. The van der Waals surface area contributed by atoms with Crippen LogP contribution in [0.5, 0.6) is 0 Å².